The maximum Gasteiger partial charge on any atom is 0.273 e. The molecule has 648 valence electrons. The van der Waals surface area contributed by atoms with Crippen molar-refractivity contribution in [2.75, 3.05) is 81.2 Å². The highest BCUT2D eigenvalue weighted by atomic mass is 35.5. The average molecular weight is 1800 g/mol. The fraction of sp³-hybridized carbons (Fsp3) is 0.250. The molecule has 128 heavy (non-hydrogen) atoms. The lowest BCUT2D eigenvalue weighted by Gasteiger charge is -2.32. The van der Waals surface area contributed by atoms with E-state index in [2.05, 4.69) is 96.4 Å². The van der Waals surface area contributed by atoms with Crippen molar-refractivity contribution in [1.29, 1.82) is 0 Å². The van der Waals surface area contributed by atoms with Crippen molar-refractivity contribution in [3.8, 4) is 0 Å². The fourth-order valence-electron chi connectivity index (χ4n) is 15.4. The predicted molar refractivity (Wildman–Crippen MR) is 491 cm³/mol. The fourth-order valence-corrected chi connectivity index (χ4v) is 16.5. The van der Waals surface area contributed by atoms with Gasteiger partial charge in [0.15, 0.2) is 23.3 Å². The summed E-state index contributed by atoms with van der Waals surface area (Å²) < 4.78 is 27.3. The molecule has 3 aliphatic heterocycles. The molecule has 0 radical (unpaired) electrons. The number of hydrogen-bond acceptors (Lipinski definition) is 25. The lowest BCUT2D eigenvalue weighted by molar-refractivity contribution is -0.123. The molecule has 0 bridgehead atoms. The standard InChI is InChI=1S/C24H21ClF2N6O.C24H23ClN6O.C23H20ClN7O2.C21H19ClN6O/c1-14(31-22-20-17(29-13-30-22)6-3-9-28-20)18-12-15-4-2-5-16(25)19(15)21(32-18)23(34)33-10-7-24(26,27)8-11-33;1-15(29-23-21-18(27-14-28-23)9-6-10-26-21)19-13-16-7-5-8-17(25)20(16)22(30-19)24(32)31-11-3-2-4-12-31;1-13(29-22-20-16(27-12-28-22)6-3-7-26-20)17-10-14-4-2-5-15(24)19(14)21(30-17)23(33)31-9-8-25-18(32)11-31;1-12(26-20-18-15(24-11-25-20)8-5-9-23-18)16-10-13-6-4-7-14(22)17(13)19(27-16)21(29)28(2)3/h2-6,9,12-14H,7-8,10-11H2,1H3,(H,29,30,31);5-10,13-15H,2-4,11-12H2,1H3,(H,27,28,29);2-7,10,12-13H,8-9,11H2,1H3,(H,25,32)(H,27,28,29);4-12H,1-3H3,(H,24,25,26)/t14-;15-;13-;12-/m0000/s1. The maximum atomic E-state index is 13.7. The second kappa shape index (κ2) is 38.5. The first-order valence-electron chi connectivity index (χ1n) is 41.3. The Kier molecular flexibility index (Phi) is 26.3. The van der Waals surface area contributed by atoms with Crippen LogP contribution in [0.2, 0.25) is 20.1 Å². The van der Waals surface area contributed by atoms with Gasteiger partial charge in [0.2, 0.25) is 5.91 Å². The summed E-state index contributed by atoms with van der Waals surface area (Å²) in [6.45, 7) is 10.0. The number of carbonyl (C=O) groups excluding carboxylic acids is 5. The number of likely N-dealkylation sites (tertiary alicyclic amines) is 2. The van der Waals surface area contributed by atoms with Crippen molar-refractivity contribution in [1.82, 2.24) is 105 Å². The molecule has 16 aromatic rings. The quantitative estimate of drug-likeness (QED) is 0.0600. The van der Waals surface area contributed by atoms with Crippen LogP contribution in [-0.2, 0) is 4.79 Å². The molecule has 19 rings (SSSR count). The molecule has 5 N–H and O–H groups in total. The Balaban J connectivity index is 0.000000126. The van der Waals surface area contributed by atoms with Crippen LogP contribution in [-0.4, -0.2) is 195 Å². The third-order valence-electron chi connectivity index (χ3n) is 22.0. The SMILES string of the molecule is C[C@H](Nc1ncnc2cccnc12)c1cc2cccc(Cl)c2c(C(=O)N(C)C)n1.C[C@H](Nc1ncnc2cccnc12)c1cc2cccc(Cl)c2c(C(=O)N2CCC(F)(F)CC2)n1.C[C@H](Nc1ncnc2cccnc12)c1cc2cccc(Cl)c2c(C(=O)N2CCCCC2)n1.C[C@H](Nc1ncnc2cccnc12)c1cc2cccc(Cl)c2c(C(=O)N2CCNC(=O)C2)n1. The Morgan fingerprint density at radius 1 is 0.391 bits per heavy atom. The number of anilines is 4. The van der Waals surface area contributed by atoms with E-state index in [1.165, 1.54) is 40.0 Å². The number of hydrogen-bond donors (Lipinski definition) is 5. The molecule has 3 saturated heterocycles. The van der Waals surface area contributed by atoms with Crippen molar-refractivity contribution in [3.05, 3.63) is 261 Å². The molecular formula is C92H83Cl4F2N25O5. The Morgan fingerprint density at radius 2 is 0.695 bits per heavy atom. The molecule has 0 unspecified atom stereocenters. The minimum Gasteiger partial charge on any atom is -0.360 e. The van der Waals surface area contributed by atoms with Crippen LogP contribution in [0.5, 0.6) is 0 Å². The Bertz CT molecular complexity index is 6940. The number of fused-ring (bicyclic) bond motifs is 8. The smallest absolute Gasteiger partial charge is 0.273 e. The van der Waals surface area contributed by atoms with Gasteiger partial charge in [0.25, 0.3) is 29.6 Å². The zero-order valence-corrected chi connectivity index (χ0v) is 73.0. The molecule has 12 aromatic heterocycles. The van der Waals surface area contributed by atoms with Crippen LogP contribution >= 0.6 is 46.4 Å². The van der Waals surface area contributed by atoms with Gasteiger partial charge in [-0.15, -0.1) is 0 Å². The van der Waals surface area contributed by atoms with Crippen molar-refractivity contribution >= 4 is 186 Å². The van der Waals surface area contributed by atoms with Crippen LogP contribution in [0.25, 0.3) is 87.2 Å². The van der Waals surface area contributed by atoms with Crippen molar-refractivity contribution < 1.29 is 32.8 Å². The van der Waals surface area contributed by atoms with E-state index < -0.39 is 11.8 Å². The van der Waals surface area contributed by atoms with Crippen molar-refractivity contribution in [3.63, 3.8) is 0 Å². The first-order chi connectivity index (χ1) is 61.9. The van der Waals surface area contributed by atoms with Crippen molar-refractivity contribution in [2.45, 2.75) is 89.9 Å². The summed E-state index contributed by atoms with van der Waals surface area (Å²) in [5.41, 5.74) is 9.33. The number of alkyl halides is 2. The number of carbonyl (C=O) groups is 5. The minimum absolute atomic E-state index is 0.0108. The molecule has 3 aliphatic rings. The molecule has 4 atom stereocenters. The van der Waals surface area contributed by atoms with Gasteiger partial charge < -0.3 is 46.2 Å². The van der Waals surface area contributed by atoms with Crippen LogP contribution in [0, 0.1) is 0 Å². The third kappa shape index (κ3) is 19.2. The second-order valence-corrected chi connectivity index (χ2v) is 32.7. The summed E-state index contributed by atoms with van der Waals surface area (Å²) in [5.74, 6) is -1.60. The largest absolute Gasteiger partial charge is 0.360 e. The van der Waals surface area contributed by atoms with Crippen LogP contribution < -0.4 is 26.6 Å². The molecule has 4 aromatic carbocycles. The van der Waals surface area contributed by atoms with Crippen LogP contribution in [0.15, 0.2) is 196 Å². The average Bonchev–Trinajstić information content (AvgIpc) is 0.779. The number of halogens is 6. The minimum atomic E-state index is -2.75. The topological polar surface area (TPSA) is 365 Å². The number of nitrogens with one attached hydrogen (secondary N) is 5. The Hall–Kier alpha value is -14.0. The number of pyridine rings is 8. The van der Waals surface area contributed by atoms with Gasteiger partial charge in [-0.1, -0.05) is 94.9 Å². The van der Waals surface area contributed by atoms with Crippen LogP contribution in [0.3, 0.4) is 0 Å². The molecule has 0 spiro atoms. The Labute approximate surface area is 751 Å². The number of aromatic nitrogens is 16. The number of benzene rings is 4. The van der Waals surface area contributed by atoms with Gasteiger partial charge in [0.1, 0.15) is 70.2 Å². The molecular weight excluding hydrogens is 1710 g/mol. The van der Waals surface area contributed by atoms with Gasteiger partial charge in [0, 0.05) is 113 Å². The lowest BCUT2D eigenvalue weighted by Crippen LogP contribution is -2.50. The highest BCUT2D eigenvalue weighted by Gasteiger charge is 2.38. The molecule has 5 amide bonds. The monoisotopic (exact) mass is 1800 g/mol. The molecule has 15 heterocycles. The summed E-state index contributed by atoms with van der Waals surface area (Å²) in [7, 11) is 3.39. The zero-order chi connectivity index (χ0) is 89.4. The highest BCUT2D eigenvalue weighted by molar-refractivity contribution is 6.38. The number of piperazine rings is 1. The Morgan fingerprint density at radius 3 is 1.02 bits per heavy atom. The van der Waals surface area contributed by atoms with Crippen LogP contribution in [0.1, 0.15) is 149 Å². The molecule has 30 nitrogen and oxygen atoms in total. The van der Waals surface area contributed by atoms with E-state index in [4.69, 9.17) is 56.4 Å². The number of piperidine rings is 2. The molecule has 36 heteroatoms. The summed E-state index contributed by atoms with van der Waals surface area (Å²) in [5, 5.41) is 23.7. The number of nitrogens with zero attached hydrogens (tertiary/aromatic N) is 20. The lowest BCUT2D eigenvalue weighted by atomic mass is 10.0. The van der Waals surface area contributed by atoms with Gasteiger partial charge in [-0.25, -0.2) is 68.6 Å². The van der Waals surface area contributed by atoms with Gasteiger partial charge in [0.05, 0.1) is 95.6 Å². The number of amides is 5. The van der Waals surface area contributed by atoms with Crippen LogP contribution in [0.4, 0.5) is 32.1 Å². The predicted octanol–water partition coefficient (Wildman–Crippen LogP) is 17.4. The van der Waals surface area contributed by atoms with Crippen molar-refractivity contribution in [2.24, 2.45) is 0 Å². The summed E-state index contributed by atoms with van der Waals surface area (Å²) >= 11 is 25.8. The first kappa shape index (κ1) is 87.5. The van der Waals surface area contributed by atoms with E-state index in [1.807, 2.05) is 142 Å². The molecule has 0 saturated carbocycles. The first-order valence-corrected chi connectivity index (χ1v) is 42.8. The van der Waals surface area contributed by atoms with Gasteiger partial charge in [-0.3, -0.25) is 43.9 Å². The van der Waals surface area contributed by atoms with E-state index in [9.17, 15) is 32.8 Å². The molecule has 0 aliphatic carbocycles. The highest BCUT2D eigenvalue weighted by Crippen LogP contribution is 2.38. The summed E-state index contributed by atoms with van der Waals surface area (Å²) in [6, 6.07) is 43.3. The van der Waals surface area contributed by atoms with E-state index in [1.54, 1.807) is 75.3 Å². The zero-order valence-electron chi connectivity index (χ0n) is 70.0. The molecule has 3 fully saturated rings. The summed E-state index contributed by atoms with van der Waals surface area (Å²) in [4.78, 5) is 142. The van der Waals surface area contributed by atoms with E-state index in [0.29, 0.717) is 134 Å². The third-order valence-corrected chi connectivity index (χ3v) is 23.3. The van der Waals surface area contributed by atoms with E-state index in [0.717, 1.165) is 76.1 Å². The normalized spacial score (nSPS) is 14.8. The number of rotatable bonds is 16. The van der Waals surface area contributed by atoms with E-state index >= 15 is 0 Å². The maximum absolute atomic E-state index is 13.7. The van der Waals surface area contributed by atoms with Gasteiger partial charge in [-0.2, -0.15) is 0 Å². The second-order valence-electron chi connectivity index (χ2n) is 31.0. The summed E-state index contributed by atoms with van der Waals surface area (Å²) in [6.07, 6.45) is 15.2. The van der Waals surface area contributed by atoms with E-state index in [-0.39, 0.29) is 91.7 Å². The van der Waals surface area contributed by atoms with Gasteiger partial charge >= 0.3 is 0 Å². The van der Waals surface area contributed by atoms with Gasteiger partial charge in [-0.05, 0) is 166 Å².